The van der Waals surface area contributed by atoms with E-state index in [0.29, 0.717) is 22.4 Å². The van der Waals surface area contributed by atoms with Gasteiger partial charge in [0.1, 0.15) is 23.1 Å². The first kappa shape index (κ1) is 13.3. The first-order chi connectivity index (χ1) is 8.61. The Bertz CT molecular complexity index is 575. The highest BCUT2D eigenvalue weighted by Gasteiger charge is 2.10. The minimum Gasteiger partial charge on any atom is -0.457 e. The highest BCUT2D eigenvalue weighted by atomic mass is 79.9. The topological polar surface area (TPSA) is 9.23 Å². The molecule has 0 heterocycles. The van der Waals surface area contributed by atoms with E-state index < -0.39 is 5.82 Å². The van der Waals surface area contributed by atoms with Gasteiger partial charge in [0.05, 0.1) is 5.02 Å². The molecular formula is C13H8BrClF2O. The molecule has 2 aromatic rings. The first-order valence-electron chi connectivity index (χ1n) is 5.08. The van der Waals surface area contributed by atoms with Crippen LogP contribution < -0.4 is 4.74 Å². The fourth-order valence-corrected chi connectivity index (χ4v) is 2.15. The van der Waals surface area contributed by atoms with Gasteiger partial charge < -0.3 is 4.74 Å². The lowest BCUT2D eigenvalue weighted by atomic mass is 10.2. The predicted octanol–water partition coefficient (Wildman–Crippen LogP) is 5.31. The number of halogens is 4. The van der Waals surface area contributed by atoms with E-state index >= 15 is 0 Å². The van der Waals surface area contributed by atoms with E-state index in [-0.39, 0.29) is 10.8 Å². The molecule has 0 saturated carbocycles. The van der Waals surface area contributed by atoms with Crippen molar-refractivity contribution in [1.29, 1.82) is 0 Å². The Balaban J connectivity index is 2.34. The van der Waals surface area contributed by atoms with Crippen molar-refractivity contribution in [2.24, 2.45) is 0 Å². The summed E-state index contributed by atoms with van der Waals surface area (Å²) in [6.07, 6.45) is 0. The van der Waals surface area contributed by atoms with E-state index in [1.54, 1.807) is 12.1 Å². The zero-order valence-corrected chi connectivity index (χ0v) is 11.4. The van der Waals surface area contributed by atoms with Crippen LogP contribution in [-0.2, 0) is 5.33 Å². The second-order valence-electron chi connectivity index (χ2n) is 3.53. The van der Waals surface area contributed by atoms with E-state index in [9.17, 15) is 8.78 Å². The van der Waals surface area contributed by atoms with E-state index in [2.05, 4.69) is 15.9 Å². The molecule has 18 heavy (non-hydrogen) atoms. The van der Waals surface area contributed by atoms with Crippen molar-refractivity contribution >= 4 is 27.5 Å². The molecule has 0 aliphatic heterocycles. The van der Waals surface area contributed by atoms with Crippen molar-refractivity contribution in [3.63, 3.8) is 0 Å². The van der Waals surface area contributed by atoms with Gasteiger partial charge in [-0.15, -0.1) is 0 Å². The monoisotopic (exact) mass is 332 g/mol. The summed E-state index contributed by atoms with van der Waals surface area (Å²) in [5.41, 5.74) is 0.401. The lowest BCUT2D eigenvalue weighted by Crippen LogP contribution is -1.93. The van der Waals surface area contributed by atoms with Crippen LogP contribution in [0.2, 0.25) is 5.02 Å². The van der Waals surface area contributed by atoms with Crippen LogP contribution in [0.25, 0.3) is 0 Å². The van der Waals surface area contributed by atoms with Crippen molar-refractivity contribution in [1.82, 2.24) is 0 Å². The summed E-state index contributed by atoms with van der Waals surface area (Å²) >= 11 is 8.84. The average Bonchev–Trinajstić information content (AvgIpc) is 2.34. The van der Waals surface area contributed by atoms with Crippen LogP contribution in [0.15, 0.2) is 36.4 Å². The van der Waals surface area contributed by atoms with Crippen LogP contribution in [0.1, 0.15) is 5.56 Å². The third kappa shape index (κ3) is 2.82. The summed E-state index contributed by atoms with van der Waals surface area (Å²) < 4.78 is 32.0. The highest BCUT2D eigenvalue weighted by molar-refractivity contribution is 9.08. The number of hydrogen-bond acceptors (Lipinski definition) is 1. The molecule has 0 spiro atoms. The summed E-state index contributed by atoms with van der Waals surface area (Å²) in [6, 6.07) is 8.51. The van der Waals surface area contributed by atoms with Crippen molar-refractivity contribution in [3.8, 4) is 11.5 Å². The molecule has 94 valence electrons. The third-order valence-electron chi connectivity index (χ3n) is 2.33. The largest absolute Gasteiger partial charge is 0.457 e. The van der Waals surface area contributed by atoms with Crippen molar-refractivity contribution in [2.45, 2.75) is 5.33 Å². The molecule has 0 aliphatic carbocycles. The fourth-order valence-electron chi connectivity index (χ4n) is 1.43. The molecular weight excluding hydrogens is 325 g/mol. The quantitative estimate of drug-likeness (QED) is 0.692. The molecule has 0 bridgehead atoms. The Kier molecular flexibility index (Phi) is 4.19. The molecule has 0 aromatic heterocycles. The van der Waals surface area contributed by atoms with Gasteiger partial charge in [-0.3, -0.25) is 0 Å². The highest BCUT2D eigenvalue weighted by Crippen LogP contribution is 2.30. The van der Waals surface area contributed by atoms with Gasteiger partial charge in [-0.25, -0.2) is 8.78 Å². The van der Waals surface area contributed by atoms with Crippen LogP contribution in [0, 0.1) is 11.6 Å². The maximum absolute atomic E-state index is 13.5. The van der Waals surface area contributed by atoms with Gasteiger partial charge in [-0.1, -0.05) is 33.6 Å². The molecule has 0 fully saturated rings. The Morgan fingerprint density at radius 1 is 1.11 bits per heavy atom. The predicted molar refractivity (Wildman–Crippen MR) is 70.5 cm³/mol. The summed E-state index contributed by atoms with van der Waals surface area (Å²) in [6.45, 7) is 0. The minimum atomic E-state index is -0.524. The van der Waals surface area contributed by atoms with Gasteiger partial charge in [0, 0.05) is 17.0 Å². The van der Waals surface area contributed by atoms with E-state index in [4.69, 9.17) is 16.3 Å². The van der Waals surface area contributed by atoms with Gasteiger partial charge >= 0.3 is 0 Å². The molecule has 0 atom stereocenters. The molecule has 2 rings (SSSR count). The summed E-state index contributed by atoms with van der Waals surface area (Å²) in [7, 11) is 0. The molecule has 0 aliphatic rings. The zero-order chi connectivity index (χ0) is 13.1. The molecule has 0 radical (unpaired) electrons. The second-order valence-corrected chi connectivity index (χ2v) is 4.50. The first-order valence-corrected chi connectivity index (χ1v) is 6.58. The minimum absolute atomic E-state index is 0.0377. The molecule has 5 heteroatoms. The standard InChI is InChI=1S/C13H8BrClF2O/c14-7-9-11(16)2-1-3-13(9)18-8-4-5-12(17)10(15)6-8/h1-6H,7H2. The van der Waals surface area contributed by atoms with Crippen molar-refractivity contribution in [3.05, 3.63) is 58.6 Å². The lowest BCUT2D eigenvalue weighted by Gasteiger charge is -2.10. The molecule has 1 nitrogen and oxygen atoms in total. The Morgan fingerprint density at radius 2 is 1.89 bits per heavy atom. The van der Waals surface area contributed by atoms with Crippen LogP contribution in [-0.4, -0.2) is 0 Å². The number of benzene rings is 2. The molecule has 0 unspecified atom stereocenters. The van der Waals surface area contributed by atoms with Crippen LogP contribution >= 0.6 is 27.5 Å². The molecule has 0 saturated heterocycles. The van der Waals surface area contributed by atoms with Crippen molar-refractivity contribution < 1.29 is 13.5 Å². The fraction of sp³-hybridized carbons (Fsp3) is 0.0769. The van der Waals surface area contributed by atoms with Gasteiger partial charge in [0.2, 0.25) is 0 Å². The van der Waals surface area contributed by atoms with Crippen molar-refractivity contribution in [2.75, 3.05) is 0 Å². The normalized spacial score (nSPS) is 10.4. The Morgan fingerprint density at radius 3 is 2.56 bits per heavy atom. The molecule has 2 aromatic carbocycles. The maximum Gasteiger partial charge on any atom is 0.142 e. The smallest absolute Gasteiger partial charge is 0.142 e. The SMILES string of the molecule is Fc1ccc(Oc2cccc(F)c2CBr)cc1Cl. The van der Waals surface area contributed by atoms with Gasteiger partial charge in [-0.05, 0) is 24.3 Å². The van der Waals surface area contributed by atoms with Crippen LogP contribution in [0.3, 0.4) is 0 Å². The Labute approximate surface area is 116 Å². The zero-order valence-electron chi connectivity index (χ0n) is 9.09. The molecule has 0 amide bonds. The van der Waals surface area contributed by atoms with E-state index in [1.807, 2.05) is 0 Å². The lowest BCUT2D eigenvalue weighted by molar-refractivity contribution is 0.469. The Hall–Kier alpha value is -1.13. The number of hydrogen-bond donors (Lipinski definition) is 0. The third-order valence-corrected chi connectivity index (χ3v) is 3.18. The number of alkyl halides is 1. The van der Waals surface area contributed by atoms with Crippen LogP contribution in [0.4, 0.5) is 8.78 Å². The van der Waals surface area contributed by atoms with Gasteiger partial charge in [0.25, 0.3) is 0 Å². The number of rotatable bonds is 3. The number of ether oxygens (including phenoxy) is 1. The van der Waals surface area contributed by atoms with Gasteiger partial charge in [0.15, 0.2) is 0 Å². The second kappa shape index (κ2) is 5.67. The van der Waals surface area contributed by atoms with E-state index in [0.717, 1.165) is 0 Å². The maximum atomic E-state index is 13.5. The summed E-state index contributed by atoms with van der Waals surface area (Å²) in [5.74, 6) is -0.162. The van der Waals surface area contributed by atoms with Gasteiger partial charge in [-0.2, -0.15) is 0 Å². The van der Waals surface area contributed by atoms with E-state index in [1.165, 1.54) is 24.3 Å². The summed E-state index contributed by atoms with van der Waals surface area (Å²) in [4.78, 5) is 0. The summed E-state index contributed by atoms with van der Waals surface area (Å²) in [5, 5.41) is 0.286. The van der Waals surface area contributed by atoms with Crippen LogP contribution in [0.5, 0.6) is 11.5 Å². The molecule has 0 N–H and O–H groups in total. The average molecular weight is 334 g/mol.